The molecule has 6 nitrogen and oxygen atoms in total. The zero-order valence-electron chi connectivity index (χ0n) is 17.5. The van der Waals surface area contributed by atoms with E-state index in [9.17, 15) is 9.59 Å². The number of fused-ring (bicyclic) bond motifs is 1. The molecule has 7 heteroatoms. The van der Waals surface area contributed by atoms with Gasteiger partial charge < -0.3 is 15.5 Å². The summed E-state index contributed by atoms with van der Waals surface area (Å²) in [5, 5.41) is 7.55. The maximum absolute atomic E-state index is 12.4. The summed E-state index contributed by atoms with van der Waals surface area (Å²) in [5.41, 5.74) is 3.90. The highest BCUT2D eigenvalue weighted by atomic mass is 32.1. The molecule has 0 bridgehead atoms. The van der Waals surface area contributed by atoms with Gasteiger partial charge in [0.1, 0.15) is 0 Å². The minimum absolute atomic E-state index is 0.0931. The molecule has 1 aromatic carbocycles. The molecular weight excluding hydrogens is 396 g/mol. The smallest absolute Gasteiger partial charge is 0.309 e. The second kappa shape index (κ2) is 9.62. The molecule has 2 aromatic rings. The number of nitrogens with zero attached hydrogens (tertiary/aromatic N) is 2. The average molecular weight is 427 g/mol. The third-order valence-corrected chi connectivity index (χ3v) is 6.99. The lowest BCUT2D eigenvalue weighted by Crippen LogP contribution is -2.45. The number of rotatable bonds is 6. The van der Waals surface area contributed by atoms with E-state index in [-0.39, 0.29) is 6.04 Å². The van der Waals surface area contributed by atoms with Crippen molar-refractivity contribution >= 4 is 28.8 Å². The van der Waals surface area contributed by atoms with E-state index < -0.39 is 11.8 Å². The predicted octanol–water partition coefficient (Wildman–Crippen LogP) is 2.70. The number of benzene rings is 1. The molecule has 0 aliphatic carbocycles. The summed E-state index contributed by atoms with van der Waals surface area (Å²) in [6.07, 6.45) is 4.68. The number of likely N-dealkylation sites (N-methyl/N-ethyl adjacent to an activating group) is 1. The maximum atomic E-state index is 12.4. The molecule has 1 atom stereocenters. The predicted molar refractivity (Wildman–Crippen MR) is 121 cm³/mol. The Balaban J connectivity index is 1.41. The van der Waals surface area contributed by atoms with Gasteiger partial charge in [-0.05, 0) is 61.0 Å². The van der Waals surface area contributed by atoms with Crippen molar-refractivity contribution in [2.75, 3.05) is 38.1 Å². The fraction of sp³-hybridized carbons (Fsp3) is 0.478. The molecule has 0 spiro atoms. The van der Waals surface area contributed by atoms with Crippen molar-refractivity contribution in [3.8, 4) is 0 Å². The van der Waals surface area contributed by atoms with Crippen LogP contribution in [-0.2, 0) is 22.6 Å². The Labute approximate surface area is 182 Å². The molecule has 2 aliphatic heterocycles. The molecule has 1 fully saturated rings. The number of hydrogen-bond donors (Lipinski definition) is 2. The van der Waals surface area contributed by atoms with Crippen LogP contribution in [-0.4, -0.2) is 49.9 Å². The van der Waals surface area contributed by atoms with Gasteiger partial charge in [-0.1, -0.05) is 24.6 Å². The minimum Gasteiger partial charge on any atom is -0.374 e. The molecule has 30 heavy (non-hydrogen) atoms. The number of piperidine rings is 1. The van der Waals surface area contributed by atoms with E-state index in [0.29, 0.717) is 13.1 Å². The van der Waals surface area contributed by atoms with Gasteiger partial charge in [0, 0.05) is 30.7 Å². The zero-order valence-corrected chi connectivity index (χ0v) is 18.3. The first kappa shape index (κ1) is 20.9. The Morgan fingerprint density at radius 1 is 1.07 bits per heavy atom. The van der Waals surface area contributed by atoms with Crippen molar-refractivity contribution in [1.29, 1.82) is 0 Å². The fourth-order valence-electron chi connectivity index (χ4n) is 4.41. The first-order valence-electron chi connectivity index (χ1n) is 10.8. The van der Waals surface area contributed by atoms with Crippen LogP contribution in [0.1, 0.15) is 41.3 Å². The number of hydrogen-bond acceptors (Lipinski definition) is 5. The van der Waals surface area contributed by atoms with E-state index >= 15 is 0 Å². The van der Waals surface area contributed by atoms with Crippen LogP contribution in [0.25, 0.3) is 0 Å². The largest absolute Gasteiger partial charge is 0.374 e. The fourth-order valence-corrected chi connectivity index (χ4v) is 5.06. The lowest BCUT2D eigenvalue weighted by atomic mass is 9.98. The Morgan fingerprint density at radius 2 is 1.87 bits per heavy atom. The first-order valence-corrected chi connectivity index (χ1v) is 11.7. The summed E-state index contributed by atoms with van der Waals surface area (Å²) in [5.74, 6) is -1.13. The van der Waals surface area contributed by atoms with E-state index in [0.717, 1.165) is 30.9 Å². The Bertz CT molecular complexity index is 877. The van der Waals surface area contributed by atoms with Crippen molar-refractivity contribution in [2.45, 2.75) is 38.3 Å². The second-order valence-corrected chi connectivity index (χ2v) is 9.18. The van der Waals surface area contributed by atoms with Crippen LogP contribution in [0.15, 0.2) is 35.7 Å². The Hall–Kier alpha value is -2.38. The number of amides is 2. The van der Waals surface area contributed by atoms with Gasteiger partial charge in [-0.25, -0.2) is 0 Å². The van der Waals surface area contributed by atoms with Crippen molar-refractivity contribution in [2.24, 2.45) is 0 Å². The monoisotopic (exact) mass is 426 g/mol. The van der Waals surface area contributed by atoms with Crippen molar-refractivity contribution in [3.05, 3.63) is 51.7 Å². The molecule has 2 amide bonds. The lowest BCUT2D eigenvalue weighted by molar-refractivity contribution is -0.139. The van der Waals surface area contributed by atoms with Gasteiger partial charge in [-0.15, -0.1) is 11.3 Å². The van der Waals surface area contributed by atoms with Gasteiger partial charge in [-0.2, -0.15) is 0 Å². The van der Waals surface area contributed by atoms with E-state index in [1.165, 1.54) is 36.1 Å². The number of nitrogens with one attached hydrogen (secondary N) is 2. The summed E-state index contributed by atoms with van der Waals surface area (Å²) < 4.78 is 0. The number of anilines is 1. The summed E-state index contributed by atoms with van der Waals surface area (Å²) in [4.78, 5) is 30.4. The van der Waals surface area contributed by atoms with E-state index in [1.54, 1.807) is 11.3 Å². The van der Waals surface area contributed by atoms with E-state index in [1.807, 2.05) is 17.5 Å². The molecule has 160 valence electrons. The molecule has 1 saturated heterocycles. The molecule has 0 saturated carbocycles. The molecule has 2 N–H and O–H groups in total. The lowest BCUT2D eigenvalue weighted by Gasteiger charge is -2.35. The number of likely N-dealkylation sites (tertiary alicyclic amines) is 1. The molecule has 0 radical (unpaired) electrons. The van der Waals surface area contributed by atoms with Crippen LogP contribution in [0.4, 0.5) is 5.69 Å². The normalized spacial score (nSPS) is 17.4. The third kappa shape index (κ3) is 4.84. The number of carbonyl (C=O) groups is 2. The molecule has 4 rings (SSSR count). The highest BCUT2D eigenvalue weighted by molar-refractivity contribution is 7.09. The number of thiophene rings is 1. The van der Waals surface area contributed by atoms with Gasteiger partial charge in [0.2, 0.25) is 0 Å². The standard InChI is InChI=1S/C23H30N4O2S/c1-26-12-9-18-14-17(7-8-20(18)26)21(27-10-3-2-4-11-27)16-25-23(29)22(28)24-15-19-6-5-13-30-19/h5-8,13-14,21H,2-4,9-12,15-16H2,1H3,(H,24,28)(H,25,29). The molecule has 1 unspecified atom stereocenters. The topological polar surface area (TPSA) is 64.7 Å². The highest BCUT2D eigenvalue weighted by Crippen LogP contribution is 2.32. The highest BCUT2D eigenvalue weighted by Gasteiger charge is 2.26. The van der Waals surface area contributed by atoms with Gasteiger partial charge >= 0.3 is 11.8 Å². The minimum atomic E-state index is -0.573. The van der Waals surface area contributed by atoms with Crippen LogP contribution in [0.5, 0.6) is 0 Å². The summed E-state index contributed by atoms with van der Waals surface area (Å²) in [6.45, 7) is 3.94. The van der Waals surface area contributed by atoms with E-state index in [2.05, 4.69) is 45.7 Å². The molecular formula is C23H30N4O2S. The summed E-state index contributed by atoms with van der Waals surface area (Å²) >= 11 is 1.56. The SMILES string of the molecule is CN1CCc2cc(C(CNC(=O)C(=O)NCc3cccs3)N3CCCCC3)ccc21. The quantitative estimate of drug-likeness (QED) is 0.697. The average Bonchev–Trinajstić information content (AvgIpc) is 3.42. The van der Waals surface area contributed by atoms with Crippen LogP contribution in [0, 0.1) is 0 Å². The van der Waals surface area contributed by atoms with Gasteiger partial charge in [0.05, 0.1) is 12.6 Å². The summed E-state index contributed by atoms with van der Waals surface area (Å²) in [7, 11) is 2.13. The third-order valence-electron chi connectivity index (χ3n) is 6.11. The zero-order chi connectivity index (χ0) is 20.9. The Kier molecular flexibility index (Phi) is 6.69. The van der Waals surface area contributed by atoms with Crippen LogP contribution in [0.2, 0.25) is 0 Å². The van der Waals surface area contributed by atoms with Crippen LogP contribution in [0.3, 0.4) is 0 Å². The molecule has 3 heterocycles. The van der Waals surface area contributed by atoms with E-state index in [4.69, 9.17) is 0 Å². The van der Waals surface area contributed by atoms with Gasteiger partial charge in [-0.3, -0.25) is 14.5 Å². The van der Waals surface area contributed by atoms with Crippen molar-refractivity contribution in [3.63, 3.8) is 0 Å². The van der Waals surface area contributed by atoms with Gasteiger partial charge in [0.15, 0.2) is 0 Å². The van der Waals surface area contributed by atoms with Crippen molar-refractivity contribution in [1.82, 2.24) is 15.5 Å². The van der Waals surface area contributed by atoms with Crippen LogP contribution >= 0.6 is 11.3 Å². The van der Waals surface area contributed by atoms with Crippen molar-refractivity contribution < 1.29 is 9.59 Å². The van der Waals surface area contributed by atoms with Crippen LogP contribution < -0.4 is 15.5 Å². The van der Waals surface area contributed by atoms with Gasteiger partial charge in [0.25, 0.3) is 0 Å². The molecule has 2 aliphatic rings. The number of carbonyl (C=O) groups excluding carboxylic acids is 2. The Morgan fingerprint density at radius 3 is 2.63 bits per heavy atom. The summed E-state index contributed by atoms with van der Waals surface area (Å²) in [6, 6.07) is 10.6. The maximum Gasteiger partial charge on any atom is 0.309 e. The second-order valence-electron chi connectivity index (χ2n) is 8.14. The first-order chi connectivity index (χ1) is 14.6. The molecule has 1 aromatic heterocycles.